The van der Waals surface area contributed by atoms with Crippen molar-refractivity contribution in [2.24, 2.45) is 0 Å². The molecule has 0 spiro atoms. The Bertz CT molecular complexity index is 289. The summed E-state index contributed by atoms with van der Waals surface area (Å²) in [4.78, 5) is 10.6. The average Bonchev–Trinajstić information content (AvgIpc) is 2.30. The second-order valence-corrected chi connectivity index (χ2v) is 3.14. The molecule has 1 aromatic heterocycles. The lowest BCUT2D eigenvalue weighted by atomic mass is 10.3. The van der Waals surface area contributed by atoms with Gasteiger partial charge in [-0.15, -0.1) is 0 Å². The summed E-state index contributed by atoms with van der Waals surface area (Å²) in [5, 5.41) is 9.32. The van der Waals surface area contributed by atoms with Crippen LogP contribution in [0.25, 0.3) is 0 Å². The van der Waals surface area contributed by atoms with Gasteiger partial charge >= 0.3 is 5.97 Å². The van der Waals surface area contributed by atoms with Crippen LogP contribution in [0.2, 0.25) is 10.3 Å². The van der Waals surface area contributed by atoms with Gasteiger partial charge in [0.2, 0.25) is 0 Å². The third-order valence-corrected chi connectivity index (χ3v) is 2.18. The predicted octanol–water partition coefficient (Wildman–Crippen LogP) is 2.44. The van der Waals surface area contributed by atoms with Gasteiger partial charge in [-0.25, -0.2) is 4.79 Å². The quantitative estimate of drug-likeness (QED) is 0.810. The monoisotopic (exact) mass is 207 g/mol. The maximum atomic E-state index is 10.6. The fraction of sp³-hybridized carbons (Fsp3) is 0.286. The Hall–Kier alpha value is -0.670. The van der Waals surface area contributed by atoms with Gasteiger partial charge in [0.25, 0.3) is 0 Å². The van der Waals surface area contributed by atoms with Gasteiger partial charge in [0.15, 0.2) is 0 Å². The van der Waals surface area contributed by atoms with E-state index in [-0.39, 0.29) is 0 Å². The van der Waals surface area contributed by atoms with Crippen LogP contribution >= 0.6 is 23.2 Å². The third kappa shape index (κ3) is 1.57. The zero-order chi connectivity index (χ0) is 9.30. The highest BCUT2D eigenvalue weighted by Crippen LogP contribution is 2.24. The number of carboxylic acids is 1. The van der Waals surface area contributed by atoms with Crippen molar-refractivity contribution in [2.75, 3.05) is 0 Å². The molecule has 1 atom stereocenters. The fourth-order valence-corrected chi connectivity index (χ4v) is 1.52. The molecule has 5 heteroatoms. The van der Waals surface area contributed by atoms with Crippen molar-refractivity contribution in [3.05, 3.63) is 22.4 Å². The van der Waals surface area contributed by atoms with Crippen molar-refractivity contribution < 1.29 is 9.90 Å². The summed E-state index contributed by atoms with van der Waals surface area (Å²) < 4.78 is 1.34. The maximum Gasteiger partial charge on any atom is 0.326 e. The number of halogens is 2. The minimum Gasteiger partial charge on any atom is -0.480 e. The van der Waals surface area contributed by atoms with Crippen LogP contribution in [0, 0.1) is 0 Å². The molecule has 0 radical (unpaired) electrons. The summed E-state index contributed by atoms with van der Waals surface area (Å²) in [6.07, 6.45) is 0. The summed E-state index contributed by atoms with van der Waals surface area (Å²) in [5.41, 5.74) is 0. The van der Waals surface area contributed by atoms with Crippen molar-refractivity contribution >= 4 is 29.2 Å². The van der Waals surface area contributed by atoms with E-state index in [1.807, 2.05) is 0 Å². The largest absolute Gasteiger partial charge is 0.480 e. The van der Waals surface area contributed by atoms with Crippen molar-refractivity contribution in [3.63, 3.8) is 0 Å². The van der Waals surface area contributed by atoms with Crippen LogP contribution in [0.1, 0.15) is 13.0 Å². The Morgan fingerprint density at radius 1 is 1.50 bits per heavy atom. The first-order valence-corrected chi connectivity index (χ1v) is 4.04. The van der Waals surface area contributed by atoms with E-state index in [4.69, 9.17) is 28.3 Å². The van der Waals surface area contributed by atoms with Crippen molar-refractivity contribution in [1.29, 1.82) is 0 Å². The summed E-state index contributed by atoms with van der Waals surface area (Å²) >= 11 is 11.4. The van der Waals surface area contributed by atoms with Crippen LogP contribution in [0.3, 0.4) is 0 Å². The van der Waals surface area contributed by atoms with E-state index in [1.165, 1.54) is 11.5 Å². The number of rotatable bonds is 2. The number of hydrogen-bond donors (Lipinski definition) is 1. The lowest BCUT2D eigenvalue weighted by Gasteiger charge is -2.10. The van der Waals surface area contributed by atoms with Crippen LogP contribution in [0.5, 0.6) is 0 Å². The van der Waals surface area contributed by atoms with E-state index < -0.39 is 12.0 Å². The van der Waals surface area contributed by atoms with Gasteiger partial charge in [-0.3, -0.25) is 0 Å². The number of carbonyl (C=O) groups is 1. The summed E-state index contributed by atoms with van der Waals surface area (Å²) in [7, 11) is 0. The number of hydrogen-bond acceptors (Lipinski definition) is 1. The molecule has 0 aliphatic rings. The molecule has 0 fully saturated rings. The minimum atomic E-state index is -0.963. The van der Waals surface area contributed by atoms with Crippen LogP contribution < -0.4 is 0 Å². The molecule has 0 saturated heterocycles. The number of carboxylic acid groups (broad SMARTS) is 1. The molecule has 0 amide bonds. The molecule has 3 nitrogen and oxygen atoms in total. The molecule has 0 aliphatic carbocycles. The number of nitrogens with zero attached hydrogens (tertiary/aromatic N) is 1. The van der Waals surface area contributed by atoms with Crippen molar-refractivity contribution in [1.82, 2.24) is 4.57 Å². The molecule has 0 saturated carbocycles. The van der Waals surface area contributed by atoms with E-state index in [9.17, 15) is 4.79 Å². The molecule has 1 N–H and O–H groups in total. The van der Waals surface area contributed by atoms with Crippen LogP contribution in [0.4, 0.5) is 0 Å². The smallest absolute Gasteiger partial charge is 0.326 e. The van der Waals surface area contributed by atoms with Crippen molar-refractivity contribution in [3.8, 4) is 0 Å². The molecular formula is C7H7Cl2NO2. The van der Waals surface area contributed by atoms with Gasteiger partial charge in [-0.05, 0) is 19.1 Å². The second-order valence-electron chi connectivity index (χ2n) is 2.36. The normalized spacial score (nSPS) is 12.9. The molecule has 1 rings (SSSR count). The summed E-state index contributed by atoms with van der Waals surface area (Å²) in [5.74, 6) is -0.963. The molecule has 12 heavy (non-hydrogen) atoms. The van der Waals surface area contributed by atoms with E-state index in [0.717, 1.165) is 0 Å². The summed E-state index contributed by atoms with van der Waals surface area (Å²) in [6.45, 7) is 1.51. The molecule has 66 valence electrons. The minimum absolute atomic E-state index is 0.329. The first-order valence-electron chi connectivity index (χ1n) is 3.29. The standard InChI is InChI=1S/C7H7Cl2NO2/c1-4(7(11)12)10-5(8)2-3-6(10)9/h2-4H,1H3,(H,11,12). The Morgan fingerprint density at radius 2 is 1.92 bits per heavy atom. The molecule has 0 aliphatic heterocycles. The first-order chi connectivity index (χ1) is 5.54. The fourth-order valence-electron chi connectivity index (χ4n) is 0.881. The zero-order valence-electron chi connectivity index (χ0n) is 6.29. The van der Waals surface area contributed by atoms with Crippen LogP contribution in [-0.2, 0) is 4.79 Å². The van der Waals surface area contributed by atoms with E-state index in [1.54, 1.807) is 12.1 Å². The van der Waals surface area contributed by atoms with E-state index in [0.29, 0.717) is 10.3 Å². The SMILES string of the molecule is CC(C(=O)O)n1c(Cl)ccc1Cl. The molecular weight excluding hydrogens is 201 g/mol. The molecule has 1 unspecified atom stereocenters. The van der Waals surface area contributed by atoms with Crippen LogP contribution in [0.15, 0.2) is 12.1 Å². The van der Waals surface area contributed by atoms with Gasteiger partial charge in [0, 0.05) is 0 Å². The third-order valence-electron chi connectivity index (χ3n) is 1.56. The lowest BCUT2D eigenvalue weighted by molar-refractivity contribution is -0.140. The van der Waals surface area contributed by atoms with Crippen molar-refractivity contribution in [2.45, 2.75) is 13.0 Å². The van der Waals surface area contributed by atoms with E-state index >= 15 is 0 Å². The van der Waals surface area contributed by atoms with Gasteiger partial charge in [-0.2, -0.15) is 0 Å². The van der Waals surface area contributed by atoms with Crippen LogP contribution in [-0.4, -0.2) is 15.6 Å². The van der Waals surface area contributed by atoms with E-state index in [2.05, 4.69) is 0 Å². The molecule has 0 aromatic carbocycles. The van der Waals surface area contributed by atoms with Gasteiger partial charge < -0.3 is 9.67 Å². The van der Waals surface area contributed by atoms with Gasteiger partial charge in [-0.1, -0.05) is 23.2 Å². The Labute approximate surface area is 79.5 Å². The lowest BCUT2D eigenvalue weighted by Crippen LogP contribution is -2.15. The number of aromatic nitrogens is 1. The molecule has 1 aromatic rings. The summed E-state index contributed by atoms with van der Waals surface area (Å²) in [6, 6.07) is 2.38. The van der Waals surface area contributed by atoms with Gasteiger partial charge in [0.05, 0.1) is 0 Å². The highest BCUT2D eigenvalue weighted by molar-refractivity contribution is 6.33. The second kappa shape index (κ2) is 3.37. The Kier molecular flexibility index (Phi) is 2.65. The Morgan fingerprint density at radius 3 is 2.25 bits per heavy atom. The average molecular weight is 208 g/mol. The zero-order valence-corrected chi connectivity index (χ0v) is 7.80. The molecule has 1 heterocycles. The number of aliphatic carboxylic acids is 1. The van der Waals surface area contributed by atoms with Gasteiger partial charge in [0.1, 0.15) is 16.3 Å². The predicted molar refractivity (Wildman–Crippen MR) is 46.8 cm³/mol. The highest BCUT2D eigenvalue weighted by Gasteiger charge is 2.17. The first kappa shape index (κ1) is 9.42. The topological polar surface area (TPSA) is 42.2 Å². The Balaban J connectivity index is 3.08. The molecule has 0 bridgehead atoms. The maximum absolute atomic E-state index is 10.6. The highest BCUT2D eigenvalue weighted by atomic mass is 35.5.